The van der Waals surface area contributed by atoms with Crippen LogP contribution >= 0.6 is 0 Å². The van der Waals surface area contributed by atoms with E-state index in [1.807, 2.05) is 4.90 Å². The minimum Gasteiger partial charge on any atom is -0.334 e. The quantitative estimate of drug-likeness (QED) is 0.860. The Morgan fingerprint density at radius 2 is 1.80 bits per heavy atom. The smallest absolute Gasteiger partial charge is 0.318 e. The molecule has 0 aliphatic carbocycles. The van der Waals surface area contributed by atoms with Crippen molar-refractivity contribution < 1.29 is 4.79 Å². The number of nitrogens with zero attached hydrogens (tertiary/aromatic N) is 6. The zero-order chi connectivity index (χ0) is 18.0. The lowest BCUT2D eigenvalue weighted by Crippen LogP contribution is -2.52. The Kier molecular flexibility index (Phi) is 5.58. The van der Waals surface area contributed by atoms with Crippen LogP contribution in [0.2, 0.25) is 0 Å². The van der Waals surface area contributed by atoms with Crippen LogP contribution in [0.25, 0.3) is 0 Å². The van der Waals surface area contributed by atoms with Crippen LogP contribution in [0.3, 0.4) is 0 Å². The summed E-state index contributed by atoms with van der Waals surface area (Å²) in [6.45, 7) is 13.6. The Labute approximate surface area is 150 Å². The lowest BCUT2D eigenvalue weighted by Gasteiger charge is -2.35. The summed E-state index contributed by atoms with van der Waals surface area (Å²) in [4.78, 5) is 19.2. The van der Waals surface area contributed by atoms with Gasteiger partial charge in [0.25, 0.3) is 0 Å². The van der Waals surface area contributed by atoms with E-state index < -0.39 is 0 Å². The fourth-order valence-corrected chi connectivity index (χ4v) is 3.55. The van der Waals surface area contributed by atoms with Crippen LogP contribution in [-0.2, 0) is 13.1 Å². The fraction of sp³-hybridized carbons (Fsp3) is 0.824. The maximum Gasteiger partial charge on any atom is 0.318 e. The summed E-state index contributed by atoms with van der Waals surface area (Å²) in [7, 11) is 2.16. The summed E-state index contributed by atoms with van der Waals surface area (Å²) in [6, 6.07) is 0.143. The molecule has 0 bridgehead atoms. The molecule has 1 N–H and O–H groups in total. The largest absolute Gasteiger partial charge is 0.334 e. The number of nitrogens with one attached hydrogen (secondary N) is 1. The molecule has 3 rings (SSSR count). The van der Waals surface area contributed by atoms with Gasteiger partial charge >= 0.3 is 6.03 Å². The SMILES string of the molecule is CC(CN1CCN(C)CC1)NC(=O)N1CCn2c(nnc2C(C)C)C1. The van der Waals surface area contributed by atoms with Gasteiger partial charge in [0.15, 0.2) is 5.82 Å². The number of likely N-dealkylation sites (N-methyl/N-ethyl adjacent to an activating group) is 1. The first-order valence-corrected chi connectivity index (χ1v) is 9.32. The van der Waals surface area contributed by atoms with Gasteiger partial charge in [-0.25, -0.2) is 4.79 Å². The van der Waals surface area contributed by atoms with E-state index in [9.17, 15) is 4.79 Å². The zero-order valence-corrected chi connectivity index (χ0v) is 15.9. The lowest BCUT2D eigenvalue weighted by molar-refractivity contribution is 0.139. The van der Waals surface area contributed by atoms with Crippen molar-refractivity contribution in [3.63, 3.8) is 0 Å². The van der Waals surface area contributed by atoms with E-state index in [4.69, 9.17) is 0 Å². The molecule has 1 aromatic rings. The summed E-state index contributed by atoms with van der Waals surface area (Å²) in [5.41, 5.74) is 0. The molecule has 1 aromatic heterocycles. The van der Waals surface area contributed by atoms with Gasteiger partial charge in [0.1, 0.15) is 5.82 Å². The maximum atomic E-state index is 12.6. The van der Waals surface area contributed by atoms with Crippen molar-refractivity contribution in [3.05, 3.63) is 11.6 Å². The molecule has 1 fully saturated rings. The number of fused-ring (bicyclic) bond motifs is 1. The van der Waals surface area contributed by atoms with Crippen molar-refractivity contribution in [2.24, 2.45) is 0 Å². The normalized spacial score (nSPS) is 20.6. The third-order valence-corrected chi connectivity index (χ3v) is 5.08. The molecule has 1 unspecified atom stereocenters. The number of hydrogen-bond acceptors (Lipinski definition) is 5. The second-order valence-electron chi connectivity index (χ2n) is 7.66. The van der Waals surface area contributed by atoms with Crippen LogP contribution in [0.5, 0.6) is 0 Å². The molecule has 140 valence electrons. The highest BCUT2D eigenvalue weighted by Crippen LogP contribution is 2.18. The van der Waals surface area contributed by atoms with Crippen molar-refractivity contribution in [3.8, 4) is 0 Å². The molecular weight excluding hydrogens is 318 g/mol. The van der Waals surface area contributed by atoms with Crippen molar-refractivity contribution >= 4 is 6.03 Å². The van der Waals surface area contributed by atoms with Crippen molar-refractivity contribution in [1.29, 1.82) is 0 Å². The number of carbonyl (C=O) groups excluding carboxylic acids is 1. The second kappa shape index (κ2) is 7.70. The summed E-state index contributed by atoms with van der Waals surface area (Å²) in [5, 5.41) is 11.7. The maximum absolute atomic E-state index is 12.6. The lowest BCUT2D eigenvalue weighted by atomic mass is 10.2. The van der Waals surface area contributed by atoms with Crippen LogP contribution in [-0.4, -0.2) is 87.9 Å². The van der Waals surface area contributed by atoms with Crippen LogP contribution in [0, 0.1) is 0 Å². The van der Waals surface area contributed by atoms with Gasteiger partial charge in [-0.3, -0.25) is 4.90 Å². The monoisotopic (exact) mass is 349 g/mol. The molecule has 0 aromatic carbocycles. The third-order valence-electron chi connectivity index (χ3n) is 5.08. The number of hydrogen-bond donors (Lipinski definition) is 1. The van der Waals surface area contributed by atoms with Gasteiger partial charge in [0.05, 0.1) is 6.54 Å². The molecule has 8 heteroatoms. The summed E-state index contributed by atoms with van der Waals surface area (Å²) < 4.78 is 2.15. The summed E-state index contributed by atoms with van der Waals surface area (Å²) in [5.74, 6) is 2.25. The van der Waals surface area contributed by atoms with Gasteiger partial charge in [-0.05, 0) is 14.0 Å². The fourth-order valence-electron chi connectivity index (χ4n) is 3.55. The Bertz CT molecular complexity index is 592. The zero-order valence-electron chi connectivity index (χ0n) is 15.9. The molecule has 0 spiro atoms. The van der Waals surface area contributed by atoms with Gasteiger partial charge in [0, 0.05) is 57.8 Å². The van der Waals surface area contributed by atoms with E-state index in [0.717, 1.165) is 50.9 Å². The first-order valence-electron chi connectivity index (χ1n) is 9.32. The molecular formula is C17H31N7O. The van der Waals surface area contributed by atoms with E-state index in [1.165, 1.54) is 0 Å². The molecule has 2 amide bonds. The van der Waals surface area contributed by atoms with Crippen LogP contribution in [0.4, 0.5) is 4.79 Å². The average Bonchev–Trinajstić information content (AvgIpc) is 3.00. The van der Waals surface area contributed by atoms with Gasteiger partial charge in [0.2, 0.25) is 0 Å². The standard InChI is InChI=1S/C17H31N7O/c1-13(2)16-20-19-15-12-23(9-10-24(15)16)17(25)18-14(3)11-22-7-5-21(4)6-8-22/h13-14H,5-12H2,1-4H3,(H,18,25). The van der Waals surface area contributed by atoms with Crippen LogP contribution < -0.4 is 5.32 Å². The van der Waals surface area contributed by atoms with Crippen LogP contribution in [0.1, 0.15) is 38.3 Å². The van der Waals surface area contributed by atoms with Gasteiger partial charge in [-0.2, -0.15) is 0 Å². The topological polar surface area (TPSA) is 69.5 Å². The second-order valence-corrected chi connectivity index (χ2v) is 7.66. The average molecular weight is 349 g/mol. The Balaban J connectivity index is 1.50. The molecule has 2 aliphatic heterocycles. The van der Waals surface area contributed by atoms with E-state index in [1.54, 1.807) is 0 Å². The summed E-state index contributed by atoms with van der Waals surface area (Å²) in [6.07, 6.45) is 0. The number of amides is 2. The van der Waals surface area contributed by atoms with Gasteiger partial charge < -0.3 is 19.7 Å². The molecule has 0 radical (unpaired) electrons. The van der Waals surface area contributed by atoms with Crippen LogP contribution in [0.15, 0.2) is 0 Å². The Hall–Kier alpha value is -1.67. The Morgan fingerprint density at radius 3 is 2.48 bits per heavy atom. The third kappa shape index (κ3) is 4.30. The Morgan fingerprint density at radius 1 is 1.08 bits per heavy atom. The van der Waals surface area contributed by atoms with Crippen molar-refractivity contribution in [2.45, 2.75) is 45.8 Å². The predicted octanol–water partition coefficient (Wildman–Crippen LogP) is 0.563. The minimum absolute atomic E-state index is 0.00183. The van der Waals surface area contributed by atoms with Gasteiger partial charge in [-0.1, -0.05) is 13.8 Å². The van der Waals surface area contributed by atoms with E-state index >= 15 is 0 Å². The first kappa shape index (κ1) is 18.1. The minimum atomic E-state index is 0.00183. The molecule has 3 heterocycles. The molecule has 8 nitrogen and oxygen atoms in total. The molecule has 2 aliphatic rings. The highest BCUT2D eigenvalue weighted by molar-refractivity contribution is 5.74. The van der Waals surface area contributed by atoms with E-state index in [-0.39, 0.29) is 12.1 Å². The number of carbonyl (C=O) groups is 1. The van der Waals surface area contributed by atoms with Crippen molar-refractivity contribution in [2.75, 3.05) is 46.3 Å². The van der Waals surface area contributed by atoms with Crippen molar-refractivity contribution in [1.82, 2.24) is 34.8 Å². The van der Waals surface area contributed by atoms with E-state index in [0.29, 0.717) is 19.0 Å². The molecule has 1 atom stereocenters. The molecule has 0 saturated carbocycles. The number of rotatable bonds is 4. The molecule has 1 saturated heterocycles. The van der Waals surface area contributed by atoms with E-state index in [2.05, 4.69) is 57.7 Å². The first-order chi connectivity index (χ1) is 11.9. The highest BCUT2D eigenvalue weighted by atomic mass is 16.2. The number of aromatic nitrogens is 3. The van der Waals surface area contributed by atoms with Gasteiger partial charge in [-0.15, -0.1) is 10.2 Å². The molecule has 25 heavy (non-hydrogen) atoms. The highest BCUT2D eigenvalue weighted by Gasteiger charge is 2.26. The number of urea groups is 1. The predicted molar refractivity (Wildman–Crippen MR) is 96.5 cm³/mol. The summed E-state index contributed by atoms with van der Waals surface area (Å²) >= 11 is 0. The number of piperazine rings is 1.